The van der Waals surface area contributed by atoms with E-state index in [0.29, 0.717) is 32.7 Å². The first-order valence-electron chi connectivity index (χ1n) is 9.16. The van der Waals surface area contributed by atoms with Crippen molar-refractivity contribution >= 4 is 5.91 Å². The minimum Gasteiger partial charge on any atom is -0.486 e. The fourth-order valence-corrected chi connectivity index (χ4v) is 4.31. The second-order valence-corrected chi connectivity index (χ2v) is 7.45. The Labute approximate surface area is 148 Å². The highest BCUT2D eigenvalue weighted by Gasteiger charge is 2.49. The Hall–Kier alpha value is -1.79. The van der Waals surface area contributed by atoms with Crippen LogP contribution in [0.1, 0.15) is 30.4 Å². The number of amides is 1. The number of benzene rings is 1. The van der Waals surface area contributed by atoms with Gasteiger partial charge in [0.05, 0.1) is 11.5 Å². The first kappa shape index (κ1) is 16.7. The zero-order chi connectivity index (χ0) is 17.4. The summed E-state index contributed by atoms with van der Waals surface area (Å²) in [5, 5.41) is 13.5. The van der Waals surface area contributed by atoms with Crippen molar-refractivity contribution in [3.63, 3.8) is 0 Å². The van der Waals surface area contributed by atoms with Crippen LogP contribution in [0.5, 0.6) is 11.5 Å². The molecule has 0 radical (unpaired) electrons. The summed E-state index contributed by atoms with van der Waals surface area (Å²) < 4.78 is 11.3. The molecule has 4 rings (SSSR count). The van der Waals surface area contributed by atoms with Gasteiger partial charge in [0.1, 0.15) is 13.2 Å². The summed E-state index contributed by atoms with van der Waals surface area (Å²) in [5.41, 5.74) is 1.70. The number of aryl methyl sites for hydroxylation is 1. The molecule has 3 aliphatic heterocycles. The molecule has 2 atom stereocenters. The Balaban J connectivity index is 1.54. The Morgan fingerprint density at radius 3 is 2.84 bits per heavy atom. The van der Waals surface area contributed by atoms with Gasteiger partial charge in [0.2, 0.25) is 5.91 Å². The molecule has 2 N–H and O–H groups in total. The van der Waals surface area contributed by atoms with Crippen molar-refractivity contribution < 1.29 is 19.4 Å². The highest BCUT2D eigenvalue weighted by atomic mass is 16.6. The second kappa shape index (κ2) is 6.50. The predicted octanol–water partition coefficient (Wildman–Crippen LogP) is 1.23. The fraction of sp³-hybridized carbons (Fsp3) is 0.632. The number of hydrogen-bond donors (Lipinski definition) is 2. The zero-order valence-corrected chi connectivity index (χ0v) is 14.7. The molecule has 2 saturated heterocycles. The predicted molar refractivity (Wildman–Crippen MR) is 92.7 cm³/mol. The highest BCUT2D eigenvalue weighted by Crippen LogP contribution is 2.39. The van der Waals surface area contributed by atoms with E-state index in [-0.39, 0.29) is 5.91 Å². The van der Waals surface area contributed by atoms with Gasteiger partial charge in [0.15, 0.2) is 11.5 Å². The molecule has 1 spiro atoms. The monoisotopic (exact) mass is 346 g/mol. The summed E-state index contributed by atoms with van der Waals surface area (Å²) >= 11 is 0. The molecule has 136 valence electrons. The van der Waals surface area contributed by atoms with Gasteiger partial charge in [-0.3, -0.25) is 9.69 Å². The lowest BCUT2D eigenvalue weighted by atomic mass is 9.71. The summed E-state index contributed by atoms with van der Waals surface area (Å²) in [6.07, 6.45) is 1.78. The summed E-state index contributed by atoms with van der Waals surface area (Å²) in [7, 11) is 0. The van der Waals surface area contributed by atoms with E-state index in [4.69, 9.17) is 9.47 Å². The van der Waals surface area contributed by atoms with Gasteiger partial charge in [0, 0.05) is 26.2 Å². The summed E-state index contributed by atoms with van der Waals surface area (Å²) in [6.45, 7) is 6.12. The quantitative estimate of drug-likeness (QED) is 0.843. The molecule has 0 aromatic heterocycles. The van der Waals surface area contributed by atoms with E-state index in [2.05, 4.69) is 23.2 Å². The molecule has 6 nitrogen and oxygen atoms in total. The summed E-state index contributed by atoms with van der Waals surface area (Å²) in [5.74, 6) is 1.62. The molecule has 25 heavy (non-hydrogen) atoms. The van der Waals surface area contributed by atoms with E-state index in [1.165, 1.54) is 5.56 Å². The van der Waals surface area contributed by atoms with E-state index in [1.54, 1.807) is 0 Å². The van der Waals surface area contributed by atoms with Gasteiger partial charge in [-0.2, -0.15) is 0 Å². The van der Waals surface area contributed by atoms with Crippen LogP contribution in [-0.4, -0.2) is 54.9 Å². The average molecular weight is 346 g/mol. The maximum atomic E-state index is 12.5. The van der Waals surface area contributed by atoms with Gasteiger partial charge in [0.25, 0.3) is 0 Å². The van der Waals surface area contributed by atoms with Crippen molar-refractivity contribution in [2.75, 3.05) is 32.8 Å². The van der Waals surface area contributed by atoms with Crippen molar-refractivity contribution in [1.82, 2.24) is 10.2 Å². The number of ether oxygens (including phenoxy) is 2. The van der Waals surface area contributed by atoms with Crippen molar-refractivity contribution in [2.45, 2.75) is 38.8 Å². The van der Waals surface area contributed by atoms with Gasteiger partial charge < -0.3 is 19.9 Å². The number of piperidine rings is 2. The van der Waals surface area contributed by atoms with Gasteiger partial charge in [-0.25, -0.2) is 0 Å². The standard InChI is InChI=1S/C19H26N2O4/c1-13-9-15-16(25-8-7-24-15)10-14(13)11-21-6-3-17(22)19(12-21)4-2-5-20-18(19)23/h9-10,17,22H,2-8,11-12H2,1H3,(H,20,23)/t17-,19-/m1/s1. The van der Waals surface area contributed by atoms with E-state index in [9.17, 15) is 9.90 Å². The third kappa shape index (κ3) is 2.98. The molecule has 1 amide bonds. The molecule has 0 bridgehead atoms. The largest absolute Gasteiger partial charge is 0.486 e. The van der Waals surface area contributed by atoms with Crippen molar-refractivity contribution in [3.05, 3.63) is 23.3 Å². The molecule has 3 heterocycles. The van der Waals surface area contributed by atoms with Crippen molar-refractivity contribution in [3.8, 4) is 11.5 Å². The van der Waals surface area contributed by atoms with Crippen LogP contribution in [0.4, 0.5) is 0 Å². The van der Waals surface area contributed by atoms with Gasteiger partial charge in [-0.15, -0.1) is 0 Å². The SMILES string of the molecule is Cc1cc2c(cc1CN1CC[C@@H](O)[C@@]3(CCCNC3=O)C1)OCCO2. The first-order chi connectivity index (χ1) is 12.1. The molecule has 0 unspecified atom stereocenters. The van der Waals surface area contributed by atoms with Crippen LogP contribution in [0.2, 0.25) is 0 Å². The number of nitrogens with one attached hydrogen (secondary N) is 1. The highest BCUT2D eigenvalue weighted by molar-refractivity contribution is 5.84. The number of aliphatic hydroxyl groups excluding tert-OH is 1. The number of carbonyl (C=O) groups is 1. The van der Waals surface area contributed by atoms with Crippen molar-refractivity contribution in [1.29, 1.82) is 0 Å². The van der Waals surface area contributed by atoms with Crippen molar-refractivity contribution in [2.24, 2.45) is 5.41 Å². The molecule has 0 aliphatic carbocycles. The maximum absolute atomic E-state index is 12.5. The lowest BCUT2D eigenvalue weighted by molar-refractivity contribution is -0.149. The van der Waals surface area contributed by atoms with E-state index < -0.39 is 11.5 Å². The number of aliphatic hydroxyl groups is 1. The minimum absolute atomic E-state index is 0.00912. The molecule has 6 heteroatoms. The normalized spacial score (nSPS) is 29.5. The van der Waals surface area contributed by atoms with Crippen LogP contribution in [0.3, 0.4) is 0 Å². The van der Waals surface area contributed by atoms with Crippen LogP contribution in [0.25, 0.3) is 0 Å². The smallest absolute Gasteiger partial charge is 0.230 e. The molecule has 1 aromatic carbocycles. The minimum atomic E-state index is -0.655. The molecule has 2 fully saturated rings. The average Bonchev–Trinajstić information content (AvgIpc) is 2.61. The van der Waals surface area contributed by atoms with Gasteiger partial charge in [-0.05, 0) is 49.4 Å². The fourth-order valence-electron chi connectivity index (χ4n) is 4.31. The topological polar surface area (TPSA) is 71.0 Å². The van der Waals surface area contributed by atoms with Crippen LogP contribution in [-0.2, 0) is 11.3 Å². The van der Waals surface area contributed by atoms with Crippen LogP contribution in [0, 0.1) is 12.3 Å². The Morgan fingerprint density at radius 2 is 2.08 bits per heavy atom. The summed E-state index contributed by atoms with van der Waals surface area (Å²) in [6, 6.07) is 4.09. The van der Waals surface area contributed by atoms with E-state index in [1.807, 2.05) is 6.07 Å². The number of carbonyl (C=O) groups excluding carboxylic acids is 1. The number of hydrogen-bond acceptors (Lipinski definition) is 5. The maximum Gasteiger partial charge on any atom is 0.230 e. The molecular formula is C19H26N2O4. The molecule has 1 aromatic rings. The Bertz CT molecular complexity index is 678. The van der Waals surface area contributed by atoms with Crippen LogP contribution < -0.4 is 14.8 Å². The number of nitrogens with zero attached hydrogens (tertiary/aromatic N) is 1. The third-order valence-corrected chi connectivity index (χ3v) is 5.79. The van der Waals surface area contributed by atoms with E-state index in [0.717, 1.165) is 43.0 Å². The van der Waals surface area contributed by atoms with Crippen LogP contribution >= 0.6 is 0 Å². The van der Waals surface area contributed by atoms with Crippen LogP contribution in [0.15, 0.2) is 12.1 Å². The number of likely N-dealkylation sites (tertiary alicyclic amines) is 1. The Kier molecular flexibility index (Phi) is 4.33. The molecular weight excluding hydrogens is 320 g/mol. The number of rotatable bonds is 2. The summed E-state index contributed by atoms with van der Waals surface area (Å²) in [4.78, 5) is 14.8. The first-order valence-corrected chi connectivity index (χ1v) is 9.16. The second-order valence-electron chi connectivity index (χ2n) is 7.45. The van der Waals surface area contributed by atoms with Gasteiger partial charge in [-0.1, -0.05) is 0 Å². The molecule has 0 saturated carbocycles. The lowest BCUT2D eigenvalue weighted by Gasteiger charge is -2.47. The van der Waals surface area contributed by atoms with Gasteiger partial charge >= 0.3 is 0 Å². The lowest BCUT2D eigenvalue weighted by Crippen LogP contribution is -2.61. The molecule has 3 aliphatic rings. The zero-order valence-electron chi connectivity index (χ0n) is 14.7. The number of fused-ring (bicyclic) bond motifs is 1. The Morgan fingerprint density at radius 1 is 1.32 bits per heavy atom. The van der Waals surface area contributed by atoms with E-state index >= 15 is 0 Å². The third-order valence-electron chi connectivity index (χ3n) is 5.79.